The number of hydrogen-bond acceptors (Lipinski definition) is 2. The normalized spacial score (nSPS) is 13.4. The van der Waals surface area contributed by atoms with Crippen LogP contribution in [0.25, 0.3) is 0 Å². The lowest BCUT2D eigenvalue weighted by Gasteiger charge is -2.11. The average Bonchev–Trinajstić information content (AvgIpc) is 2.27. The third-order valence-corrected chi connectivity index (χ3v) is 2.70. The number of Topliss-reactive ketones (excluding diaryl/α,β-unsaturated/α-hetero) is 1. The van der Waals surface area contributed by atoms with E-state index in [1.165, 1.54) is 0 Å². The van der Waals surface area contributed by atoms with Gasteiger partial charge in [-0.05, 0) is 18.6 Å². The number of alkyl halides is 3. The van der Waals surface area contributed by atoms with Gasteiger partial charge in [-0.3, -0.25) is 4.79 Å². The first-order valence-corrected chi connectivity index (χ1v) is 5.91. The van der Waals surface area contributed by atoms with Gasteiger partial charge in [0.1, 0.15) is 5.82 Å². The zero-order valence-corrected chi connectivity index (χ0v) is 10.4. The van der Waals surface area contributed by atoms with Crippen LogP contribution in [0.15, 0.2) is 18.2 Å². The molecule has 106 valence electrons. The molecule has 0 bridgehead atoms. The van der Waals surface area contributed by atoms with Gasteiger partial charge in [0.15, 0.2) is 5.78 Å². The molecule has 1 aromatic carbocycles. The molecule has 1 unspecified atom stereocenters. The molecular weight excluding hydrogens is 262 g/mol. The maximum atomic E-state index is 13.3. The largest absolute Gasteiger partial charge is 0.419 e. The summed E-state index contributed by atoms with van der Waals surface area (Å²) in [5.41, 5.74) is 4.21. The fourth-order valence-corrected chi connectivity index (χ4v) is 1.75. The molecule has 0 radical (unpaired) electrons. The Balaban J connectivity index is 2.86. The summed E-state index contributed by atoms with van der Waals surface area (Å²) in [5.74, 6) is -1.89. The van der Waals surface area contributed by atoms with Crippen molar-refractivity contribution < 1.29 is 22.4 Å². The fraction of sp³-hybridized carbons (Fsp3) is 0.462. The molecule has 0 heterocycles. The second-order valence-corrected chi connectivity index (χ2v) is 4.37. The number of halogens is 4. The summed E-state index contributed by atoms with van der Waals surface area (Å²) in [6.45, 7) is 1.90. The third-order valence-electron chi connectivity index (χ3n) is 2.70. The lowest BCUT2D eigenvalue weighted by Crippen LogP contribution is -2.23. The molecule has 19 heavy (non-hydrogen) atoms. The molecule has 0 saturated heterocycles. The van der Waals surface area contributed by atoms with E-state index in [2.05, 4.69) is 0 Å². The van der Waals surface area contributed by atoms with Gasteiger partial charge in [0.05, 0.1) is 5.56 Å². The molecule has 2 N–H and O–H groups in total. The fourth-order valence-electron chi connectivity index (χ4n) is 1.75. The van der Waals surface area contributed by atoms with Crippen molar-refractivity contribution in [1.82, 2.24) is 0 Å². The number of benzene rings is 1. The minimum absolute atomic E-state index is 0.00134. The van der Waals surface area contributed by atoms with Crippen LogP contribution in [-0.2, 0) is 6.18 Å². The predicted molar refractivity (Wildman–Crippen MR) is 63.2 cm³/mol. The minimum atomic E-state index is -4.76. The Morgan fingerprint density at radius 3 is 2.47 bits per heavy atom. The van der Waals surface area contributed by atoms with Crippen molar-refractivity contribution in [3.05, 3.63) is 35.1 Å². The average molecular weight is 277 g/mol. The van der Waals surface area contributed by atoms with E-state index in [1.54, 1.807) is 0 Å². The van der Waals surface area contributed by atoms with Crippen molar-refractivity contribution >= 4 is 5.78 Å². The second-order valence-electron chi connectivity index (χ2n) is 4.37. The molecule has 1 rings (SSSR count). The Hall–Kier alpha value is -1.43. The smallest absolute Gasteiger partial charge is 0.327 e. The molecule has 1 atom stereocenters. The van der Waals surface area contributed by atoms with Gasteiger partial charge < -0.3 is 5.73 Å². The van der Waals surface area contributed by atoms with E-state index >= 15 is 0 Å². The highest BCUT2D eigenvalue weighted by Gasteiger charge is 2.34. The Morgan fingerprint density at radius 2 is 2.00 bits per heavy atom. The van der Waals surface area contributed by atoms with Crippen molar-refractivity contribution in [1.29, 1.82) is 0 Å². The van der Waals surface area contributed by atoms with Crippen molar-refractivity contribution in [3.63, 3.8) is 0 Å². The van der Waals surface area contributed by atoms with Gasteiger partial charge in [-0.15, -0.1) is 0 Å². The van der Waals surface area contributed by atoms with Gasteiger partial charge in [-0.1, -0.05) is 19.4 Å². The van der Waals surface area contributed by atoms with Crippen LogP contribution >= 0.6 is 0 Å². The van der Waals surface area contributed by atoms with E-state index in [1.807, 2.05) is 6.92 Å². The monoisotopic (exact) mass is 277 g/mol. The summed E-state index contributed by atoms with van der Waals surface area (Å²) in [6.07, 6.45) is -3.33. The SMILES string of the molecule is CCCC(N)CC(=O)c1ccc(C(F)(F)F)c(F)c1. The molecule has 0 aliphatic carbocycles. The molecule has 6 heteroatoms. The van der Waals surface area contributed by atoms with Crippen molar-refractivity contribution in [2.45, 2.75) is 38.4 Å². The van der Waals surface area contributed by atoms with E-state index in [-0.39, 0.29) is 18.0 Å². The van der Waals surface area contributed by atoms with Gasteiger partial charge in [0, 0.05) is 18.0 Å². The standard InChI is InChI=1S/C13H15F4NO/c1-2-3-9(18)7-12(19)8-4-5-10(11(14)6-8)13(15,16)17/h4-6,9H,2-3,7,18H2,1H3. The van der Waals surface area contributed by atoms with Crippen LogP contribution in [0, 0.1) is 5.82 Å². The number of nitrogens with two attached hydrogens (primary N) is 1. The molecule has 0 fully saturated rings. The van der Waals surface area contributed by atoms with E-state index < -0.39 is 23.3 Å². The topological polar surface area (TPSA) is 43.1 Å². The van der Waals surface area contributed by atoms with Crippen LogP contribution in [0.2, 0.25) is 0 Å². The van der Waals surface area contributed by atoms with Gasteiger partial charge >= 0.3 is 6.18 Å². The molecule has 0 amide bonds. The molecule has 1 aromatic rings. The number of carbonyl (C=O) groups excluding carboxylic acids is 1. The summed E-state index contributed by atoms with van der Waals surface area (Å²) >= 11 is 0. The van der Waals surface area contributed by atoms with Crippen molar-refractivity contribution in [2.24, 2.45) is 5.73 Å². The molecule has 0 spiro atoms. The van der Waals surface area contributed by atoms with Crippen LogP contribution in [0.1, 0.15) is 42.1 Å². The minimum Gasteiger partial charge on any atom is -0.327 e. The Labute approximate surface area is 108 Å². The highest BCUT2D eigenvalue weighted by atomic mass is 19.4. The Morgan fingerprint density at radius 1 is 1.37 bits per heavy atom. The van der Waals surface area contributed by atoms with E-state index in [0.717, 1.165) is 12.5 Å². The van der Waals surface area contributed by atoms with Crippen LogP contribution in [0.5, 0.6) is 0 Å². The Bertz CT molecular complexity index is 456. The van der Waals surface area contributed by atoms with E-state index in [0.29, 0.717) is 18.6 Å². The van der Waals surface area contributed by atoms with Crippen molar-refractivity contribution in [2.75, 3.05) is 0 Å². The van der Waals surface area contributed by atoms with Crippen LogP contribution in [0.4, 0.5) is 17.6 Å². The van der Waals surface area contributed by atoms with Crippen LogP contribution < -0.4 is 5.73 Å². The highest BCUT2D eigenvalue weighted by molar-refractivity contribution is 5.96. The third kappa shape index (κ3) is 4.31. The van der Waals surface area contributed by atoms with E-state index in [4.69, 9.17) is 5.73 Å². The molecular formula is C13H15F4NO. The van der Waals surface area contributed by atoms with E-state index in [9.17, 15) is 22.4 Å². The number of ketones is 1. The zero-order chi connectivity index (χ0) is 14.6. The van der Waals surface area contributed by atoms with Crippen LogP contribution in [0.3, 0.4) is 0 Å². The quantitative estimate of drug-likeness (QED) is 0.660. The molecule has 0 saturated carbocycles. The molecule has 2 nitrogen and oxygen atoms in total. The highest BCUT2D eigenvalue weighted by Crippen LogP contribution is 2.31. The zero-order valence-electron chi connectivity index (χ0n) is 10.4. The number of rotatable bonds is 5. The molecule has 0 aliphatic heterocycles. The predicted octanol–water partition coefficient (Wildman–Crippen LogP) is 3.54. The maximum Gasteiger partial charge on any atom is 0.419 e. The number of carbonyl (C=O) groups is 1. The van der Waals surface area contributed by atoms with Crippen LogP contribution in [-0.4, -0.2) is 11.8 Å². The first-order chi connectivity index (χ1) is 8.75. The lowest BCUT2D eigenvalue weighted by atomic mass is 10.00. The summed E-state index contributed by atoms with van der Waals surface area (Å²) in [5, 5.41) is 0. The maximum absolute atomic E-state index is 13.3. The Kier molecular flexibility index (Phi) is 5.05. The van der Waals surface area contributed by atoms with Gasteiger partial charge in [0.2, 0.25) is 0 Å². The van der Waals surface area contributed by atoms with Crippen molar-refractivity contribution in [3.8, 4) is 0 Å². The molecule has 0 aromatic heterocycles. The summed E-state index contributed by atoms with van der Waals surface area (Å²) < 4.78 is 50.3. The summed E-state index contributed by atoms with van der Waals surface area (Å²) in [7, 11) is 0. The first kappa shape index (κ1) is 15.6. The summed E-state index contributed by atoms with van der Waals surface area (Å²) in [4.78, 5) is 11.7. The molecule has 0 aliphatic rings. The van der Waals surface area contributed by atoms with Gasteiger partial charge in [-0.25, -0.2) is 4.39 Å². The first-order valence-electron chi connectivity index (χ1n) is 5.91. The summed E-state index contributed by atoms with van der Waals surface area (Å²) in [6, 6.07) is 1.81. The lowest BCUT2D eigenvalue weighted by molar-refractivity contribution is -0.140. The van der Waals surface area contributed by atoms with Gasteiger partial charge in [-0.2, -0.15) is 13.2 Å². The number of hydrogen-bond donors (Lipinski definition) is 1. The van der Waals surface area contributed by atoms with Gasteiger partial charge in [0.25, 0.3) is 0 Å². The second kappa shape index (κ2) is 6.14.